The number of para-hydroxylation sites is 2. The monoisotopic (exact) mass is 694 g/mol. The number of carbonyl (C=O) groups excluding carboxylic acids is 2. The Morgan fingerprint density at radius 1 is 0.800 bits per heavy atom. The normalized spacial score (nSPS) is 14.8. The maximum absolute atomic E-state index is 13.8. The Balaban J connectivity index is 0.00000461. The van der Waals surface area contributed by atoms with Crippen LogP contribution in [0.2, 0.25) is 0 Å². The van der Waals surface area contributed by atoms with E-state index in [9.17, 15) is 14.7 Å². The third-order valence-corrected chi connectivity index (χ3v) is 8.09. The van der Waals surface area contributed by atoms with Gasteiger partial charge in [0.1, 0.15) is 17.2 Å². The molecule has 1 fully saturated rings. The Hall–Kier alpha value is -4.00. The van der Waals surface area contributed by atoms with Gasteiger partial charge in [0.15, 0.2) is 0 Å². The summed E-state index contributed by atoms with van der Waals surface area (Å²) >= 11 is 0. The van der Waals surface area contributed by atoms with Gasteiger partial charge >= 0.3 is 0 Å². The largest absolute Gasteiger partial charge is 0.508 e. The number of benzene rings is 4. The van der Waals surface area contributed by atoms with Crippen molar-refractivity contribution in [3.8, 4) is 17.2 Å². The molecular weight excluding hydrogens is 653 g/mol. The summed E-state index contributed by atoms with van der Waals surface area (Å²) in [5.74, 6) is 1.81. The van der Waals surface area contributed by atoms with Crippen LogP contribution in [0.1, 0.15) is 35.6 Å². The smallest absolute Gasteiger partial charge is 0.223 e. The quantitative estimate of drug-likeness (QED) is 0.185. The summed E-state index contributed by atoms with van der Waals surface area (Å²) in [7, 11) is 0. The SMILES string of the molecule is CC(=O)NCCc1ccccc1Oc1ccccc1CCC(=O)N1CCN(Cc2ccccc2)C[C@H]1Cc1ccc(O)cc1.[Rh]. The minimum Gasteiger partial charge on any atom is -0.508 e. The van der Waals surface area contributed by atoms with Gasteiger partial charge in [-0.3, -0.25) is 14.5 Å². The number of carbonyl (C=O) groups is 2. The number of aromatic hydroxyl groups is 1. The number of rotatable bonds is 12. The second-order valence-corrected chi connectivity index (χ2v) is 11.4. The molecule has 1 atom stereocenters. The van der Waals surface area contributed by atoms with Crippen LogP contribution in [0.3, 0.4) is 0 Å². The van der Waals surface area contributed by atoms with E-state index >= 15 is 0 Å². The van der Waals surface area contributed by atoms with E-state index in [1.165, 1.54) is 12.5 Å². The van der Waals surface area contributed by atoms with Gasteiger partial charge in [0.05, 0.1) is 0 Å². The molecule has 2 N–H and O–H groups in total. The van der Waals surface area contributed by atoms with Crippen LogP contribution < -0.4 is 10.1 Å². The molecule has 0 spiro atoms. The molecule has 1 aliphatic heterocycles. The summed E-state index contributed by atoms with van der Waals surface area (Å²) in [6.07, 6.45) is 2.34. The second-order valence-electron chi connectivity index (χ2n) is 11.4. The predicted molar refractivity (Wildman–Crippen MR) is 173 cm³/mol. The van der Waals surface area contributed by atoms with Crippen molar-refractivity contribution in [3.63, 3.8) is 0 Å². The van der Waals surface area contributed by atoms with Crippen molar-refractivity contribution in [1.29, 1.82) is 0 Å². The molecule has 8 heteroatoms. The molecule has 0 bridgehead atoms. The zero-order valence-electron chi connectivity index (χ0n) is 25.7. The summed E-state index contributed by atoms with van der Waals surface area (Å²) in [6, 6.07) is 33.5. The molecule has 1 radical (unpaired) electrons. The van der Waals surface area contributed by atoms with Gasteiger partial charge in [-0.2, -0.15) is 0 Å². The van der Waals surface area contributed by atoms with Crippen molar-refractivity contribution in [1.82, 2.24) is 15.1 Å². The summed E-state index contributed by atoms with van der Waals surface area (Å²) in [4.78, 5) is 29.6. The number of ether oxygens (including phenoxy) is 1. The predicted octanol–water partition coefficient (Wildman–Crippen LogP) is 5.75. The molecule has 1 saturated heterocycles. The average Bonchev–Trinajstić information content (AvgIpc) is 3.03. The number of hydrogen-bond acceptors (Lipinski definition) is 5. The fourth-order valence-electron chi connectivity index (χ4n) is 5.81. The van der Waals surface area contributed by atoms with Crippen molar-refractivity contribution in [2.45, 2.75) is 45.2 Å². The fraction of sp³-hybridized carbons (Fsp3) is 0.297. The molecule has 4 aromatic carbocycles. The molecule has 1 aliphatic rings. The summed E-state index contributed by atoms with van der Waals surface area (Å²) in [5.41, 5.74) is 4.36. The van der Waals surface area contributed by atoms with E-state index in [-0.39, 0.29) is 43.1 Å². The van der Waals surface area contributed by atoms with Crippen molar-refractivity contribution in [2.24, 2.45) is 0 Å². The number of hydrogen-bond donors (Lipinski definition) is 2. The maximum atomic E-state index is 13.8. The number of piperazine rings is 1. The van der Waals surface area contributed by atoms with Gasteiger partial charge in [-0.15, -0.1) is 0 Å². The topological polar surface area (TPSA) is 82.1 Å². The van der Waals surface area contributed by atoms with E-state index in [2.05, 4.69) is 39.4 Å². The second kappa shape index (κ2) is 16.9. The Bertz CT molecular complexity index is 1530. The molecular formula is C37H41N3O4Rh. The van der Waals surface area contributed by atoms with Gasteiger partial charge in [-0.25, -0.2) is 0 Å². The Morgan fingerprint density at radius 3 is 2.09 bits per heavy atom. The number of phenolic OH excluding ortho intramolecular Hbond substituents is 1. The molecule has 5 rings (SSSR count). The van der Waals surface area contributed by atoms with E-state index in [1.807, 2.05) is 66.7 Å². The first-order valence-electron chi connectivity index (χ1n) is 15.4. The Morgan fingerprint density at radius 2 is 1.42 bits per heavy atom. The first-order valence-corrected chi connectivity index (χ1v) is 15.4. The van der Waals surface area contributed by atoms with Crippen molar-refractivity contribution in [2.75, 3.05) is 26.2 Å². The van der Waals surface area contributed by atoms with Gasteiger partial charge in [-0.05, 0) is 65.8 Å². The third-order valence-electron chi connectivity index (χ3n) is 8.09. The molecule has 45 heavy (non-hydrogen) atoms. The van der Waals surface area contributed by atoms with E-state index < -0.39 is 0 Å². The number of nitrogens with one attached hydrogen (secondary N) is 1. The molecule has 0 saturated carbocycles. The van der Waals surface area contributed by atoms with Crippen LogP contribution in [0.15, 0.2) is 103 Å². The summed E-state index contributed by atoms with van der Waals surface area (Å²) < 4.78 is 6.39. The van der Waals surface area contributed by atoms with Crippen molar-refractivity contribution in [3.05, 3.63) is 125 Å². The molecule has 2 amide bonds. The van der Waals surface area contributed by atoms with Crippen LogP contribution in [0.25, 0.3) is 0 Å². The van der Waals surface area contributed by atoms with Gasteiger partial charge in [0.2, 0.25) is 11.8 Å². The van der Waals surface area contributed by atoms with E-state index in [0.717, 1.165) is 54.2 Å². The fourth-order valence-corrected chi connectivity index (χ4v) is 5.81. The van der Waals surface area contributed by atoms with Crippen molar-refractivity contribution >= 4 is 11.8 Å². The van der Waals surface area contributed by atoms with Gasteiger partial charge in [-0.1, -0.05) is 78.9 Å². The number of phenols is 1. The summed E-state index contributed by atoms with van der Waals surface area (Å²) in [6.45, 7) is 5.19. The first-order chi connectivity index (χ1) is 21.4. The summed E-state index contributed by atoms with van der Waals surface area (Å²) in [5, 5.41) is 12.6. The average molecular weight is 695 g/mol. The van der Waals surface area contributed by atoms with Crippen molar-refractivity contribution < 1.29 is 38.9 Å². The molecule has 1 heterocycles. The number of aryl methyl sites for hydroxylation is 1. The molecule has 4 aromatic rings. The van der Waals surface area contributed by atoms with Gasteiger partial charge < -0.3 is 20.1 Å². The molecule has 7 nitrogen and oxygen atoms in total. The van der Waals surface area contributed by atoms with Crippen LogP contribution in [0, 0.1) is 0 Å². The van der Waals surface area contributed by atoms with Crippen LogP contribution in [-0.2, 0) is 54.9 Å². The Kier molecular flexibility index (Phi) is 12.7. The first kappa shape index (κ1) is 33.9. The van der Waals surface area contributed by atoms with E-state index in [4.69, 9.17) is 4.74 Å². The molecule has 0 aliphatic carbocycles. The standard InChI is InChI=1S/C37H41N3O4.Rh/c1-28(41)38-22-21-32-12-6-8-14-36(32)44-35-13-7-5-11-31(35)17-20-37(43)40-24-23-39(26-30-9-3-2-4-10-30)27-33(40)25-29-15-18-34(42)19-16-29;/h2-16,18-19,33,42H,17,20-27H2,1H3,(H,38,41);/t33-;/m1./s1. The Labute approximate surface area is 279 Å². The van der Waals surface area contributed by atoms with E-state index in [0.29, 0.717) is 32.4 Å². The zero-order valence-corrected chi connectivity index (χ0v) is 27.3. The maximum Gasteiger partial charge on any atom is 0.223 e. The van der Waals surface area contributed by atoms with Gasteiger partial charge in [0.25, 0.3) is 0 Å². The van der Waals surface area contributed by atoms with Crippen LogP contribution in [-0.4, -0.2) is 58.9 Å². The van der Waals surface area contributed by atoms with Crippen LogP contribution in [0.4, 0.5) is 0 Å². The number of amides is 2. The van der Waals surface area contributed by atoms with Crippen LogP contribution in [0.5, 0.6) is 17.2 Å². The molecule has 0 aromatic heterocycles. The third kappa shape index (κ3) is 10.0. The van der Waals surface area contributed by atoms with Crippen LogP contribution >= 0.6 is 0 Å². The molecule has 0 unspecified atom stereocenters. The number of nitrogens with zero attached hydrogens (tertiary/aromatic N) is 2. The minimum absolute atomic E-state index is 0. The van der Waals surface area contributed by atoms with E-state index in [1.54, 1.807) is 12.1 Å². The molecule has 237 valence electrons. The minimum atomic E-state index is -0.0543. The van der Waals surface area contributed by atoms with Gasteiger partial charge in [0, 0.05) is 71.6 Å². The zero-order chi connectivity index (χ0) is 30.7.